The van der Waals surface area contributed by atoms with Crippen LogP contribution in [0, 0.1) is 0 Å². The van der Waals surface area contributed by atoms with Gasteiger partial charge in [0.25, 0.3) is 23.6 Å². The van der Waals surface area contributed by atoms with E-state index in [4.69, 9.17) is 4.74 Å². The van der Waals surface area contributed by atoms with Crippen LogP contribution >= 0.6 is 34.0 Å². The molecular weight excluding hydrogens is 1710 g/mol. The third-order valence-electron chi connectivity index (χ3n) is 22.0. The molecule has 4 aromatic carbocycles. The Balaban J connectivity index is 0.000000140. The number of thiazole rings is 1. The molecule has 131 heavy (non-hydrogen) atoms. The van der Waals surface area contributed by atoms with Crippen LogP contribution in [0.4, 0.5) is 51.2 Å². The lowest BCUT2D eigenvalue weighted by Crippen LogP contribution is -2.43. The highest BCUT2D eigenvalue weighted by Crippen LogP contribution is 2.37. The second-order valence-electron chi connectivity index (χ2n) is 30.1. The zero-order chi connectivity index (χ0) is 86.2. The van der Waals surface area contributed by atoms with Crippen LogP contribution in [0.15, 0.2) is 225 Å². The summed E-state index contributed by atoms with van der Waals surface area (Å²) in [4.78, 5) is 125. The van der Waals surface area contributed by atoms with Crippen LogP contribution < -0.4 is 67.0 Å². The van der Waals surface area contributed by atoms with Crippen molar-refractivity contribution >= 4 is 150 Å². The van der Waals surface area contributed by atoms with Crippen molar-refractivity contribution in [1.82, 2.24) is 95.6 Å². The van der Waals surface area contributed by atoms with Crippen molar-refractivity contribution in [3.8, 4) is 44.9 Å². The maximum absolute atomic E-state index is 13.2. The average molecular weight is 1810 g/mol. The largest absolute Gasteiger partial charge is 0.378 e. The lowest BCUT2D eigenvalue weighted by Gasteiger charge is -2.30. The summed E-state index contributed by atoms with van der Waals surface area (Å²) in [5.41, 5.74) is 16.2. The Bertz CT molecular complexity index is 6600. The highest BCUT2D eigenvalue weighted by atomic mass is 32.1. The number of aromatic nitrogens is 15. The Morgan fingerprint density at radius 3 is 1.30 bits per heavy atom. The molecule has 12 aromatic heterocycles. The van der Waals surface area contributed by atoms with Crippen LogP contribution in [-0.4, -0.2) is 229 Å². The topological polar surface area (TPSA) is 375 Å². The van der Waals surface area contributed by atoms with Crippen molar-refractivity contribution in [2.75, 3.05) is 177 Å². The molecule has 36 heteroatoms. The van der Waals surface area contributed by atoms with Gasteiger partial charge in [0.05, 0.1) is 121 Å². The second kappa shape index (κ2) is 44.2. The van der Waals surface area contributed by atoms with Gasteiger partial charge in [0.2, 0.25) is 0 Å². The molecule has 21 rings (SSSR count). The fourth-order valence-corrected chi connectivity index (χ4v) is 18.0. The average Bonchev–Trinajstić information content (AvgIpc) is 1.69. The fraction of sp³-hybridized carbons (Fsp3) is 0.263. The summed E-state index contributed by atoms with van der Waals surface area (Å²) >= 11 is 4.86. The first kappa shape index (κ1) is 92.9. The predicted molar refractivity (Wildman–Crippen MR) is 527 cm³/mol. The van der Waals surface area contributed by atoms with Gasteiger partial charge in [-0.15, -0.1) is 34.0 Å². The number of rotatable bonds is 17. The Morgan fingerprint density at radius 1 is 0.382 bits per heavy atom. The third kappa shape index (κ3) is 22.2. The molecular formula is C95H104N28O5S3. The SMILES string of the molecule is C.C.C.C.Cn1cnc2ccc(-c3nccc(C(=O)Nc4cnccc4N4CCNCC4)n3)cc21.O=C(Nc1cnccc1N1CCNCC1)c1ccnc(-c2cc3cc(N4CCOCC4)ccc3s2)n1.O=C(Nc1cnccc1N1CCNCC1)c1ccnc(-c2ccc3ncsc3c2)n1.O=C(Nc1cnccc1N1CCNCC1)c1ccnc(-c2cccc3sccc23)n1. The maximum Gasteiger partial charge on any atom is 0.274 e. The highest BCUT2D eigenvalue weighted by Gasteiger charge is 2.25. The van der Waals surface area contributed by atoms with Crippen molar-refractivity contribution in [3.05, 3.63) is 248 Å². The Hall–Kier alpha value is -14.2. The van der Waals surface area contributed by atoms with Crippen LogP contribution in [0.5, 0.6) is 0 Å². The van der Waals surface area contributed by atoms with E-state index in [1.165, 1.54) is 10.4 Å². The monoisotopic (exact) mass is 1810 g/mol. The van der Waals surface area contributed by atoms with Crippen molar-refractivity contribution < 1.29 is 23.9 Å². The van der Waals surface area contributed by atoms with E-state index in [0.29, 0.717) is 68.8 Å². The number of benzene rings is 4. The van der Waals surface area contributed by atoms with Gasteiger partial charge in [-0.3, -0.25) is 39.1 Å². The summed E-state index contributed by atoms with van der Waals surface area (Å²) in [6.45, 7) is 17.6. The molecule has 0 atom stereocenters. The number of piperazine rings is 4. The molecule has 5 aliphatic rings. The van der Waals surface area contributed by atoms with Gasteiger partial charge in [-0.2, -0.15) is 0 Å². The number of imidazole rings is 1. The van der Waals surface area contributed by atoms with Crippen LogP contribution in [0.2, 0.25) is 0 Å². The van der Waals surface area contributed by atoms with E-state index in [2.05, 4.69) is 173 Å². The van der Waals surface area contributed by atoms with Crippen molar-refractivity contribution in [2.24, 2.45) is 7.05 Å². The van der Waals surface area contributed by atoms with Crippen molar-refractivity contribution in [2.45, 2.75) is 29.7 Å². The number of hydrogen-bond donors (Lipinski definition) is 8. The van der Waals surface area contributed by atoms with Gasteiger partial charge in [-0.1, -0.05) is 41.8 Å². The molecule has 0 spiro atoms. The Morgan fingerprint density at radius 2 is 0.817 bits per heavy atom. The van der Waals surface area contributed by atoms with Gasteiger partial charge in [-0.25, -0.2) is 49.8 Å². The number of aryl methyl sites for hydroxylation is 1. The predicted octanol–water partition coefficient (Wildman–Crippen LogP) is 14.1. The summed E-state index contributed by atoms with van der Waals surface area (Å²) in [7, 11) is 1.94. The lowest BCUT2D eigenvalue weighted by atomic mass is 10.1. The summed E-state index contributed by atoms with van der Waals surface area (Å²) < 4.78 is 10.8. The van der Waals surface area contributed by atoms with Gasteiger partial charge >= 0.3 is 0 Å². The summed E-state index contributed by atoms with van der Waals surface area (Å²) in [6.07, 6.45) is 21.9. The minimum Gasteiger partial charge on any atom is -0.378 e. The van der Waals surface area contributed by atoms with Crippen LogP contribution in [0.25, 0.3) is 86.3 Å². The van der Waals surface area contributed by atoms with Crippen LogP contribution in [0.1, 0.15) is 71.7 Å². The summed E-state index contributed by atoms with van der Waals surface area (Å²) in [6, 6.07) is 42.6. The first-order valence-corrected chi connectivity index (χ1v) is 44.3. The number of hydrogen-bond acceptors (Lipinski definition) is 31. The number of anilines is 9. The summed E-state index contributed by atoms with van der Waals surface area (Å²) in [5.74, 6) is 0.942. The lowest BCUT2D eigenvalue weighted by molar-refractivity contribution is 0.101. The fourth-order valence-electron chi connectivity index (χ4n) is 15.5. The van der Waals surface area contributed by atoms with E-state index >= 15 is 0 Å². The van der Waals surface area contributed by atoms with Crippen molar-refractivity contribution in [3.63, 3.8) is 0 Å². The smallest absolute Gasteiger partial charge is 0.274 e. The highest BCUT2D eigenvalue weighted by molar-refractivity contribution is 7.22. The number of nitrogens with one attached hydrogen (secondary N) is 8. The molecule has 0 bridgehead atoms. The van der Waals surface area contributed by atoms with Gasteiger partial charge < -0.3 is 76.3 Å². The van der Waals surface area contributed by atoms with E-state index in [0.717, 1.165) is 212 Å². The van der Waals surface area contributed by atoms with Gasteiger partial charge in [-0.05, 0) is 132 Å². The first-order chi connectivity index (χ1) is 62.5. The molecule has 33 nitrogen and oxygen atoms in total. The molecule has 17 heterocycles. The standard InChI is InChI=1S/C26H27N7O2S.C22H22N8O.C22H20N6OS.C21H19N7OS.4CH4/c34-26(31-21-17-28-5-4-22(21)33-9-7-27-8-10-33)20-3-6-29-25(30-20)24-16-18-15-19(1-2-23(18)36-24)32-11-13-35-14-12-32;1-29-14-26-16-3-2-15(12-20(16)29)21-25-7-4-17(27-21)22(31)28-18-13-24-6-5-19(18)30-10-8-23-9-11-30;29-22(27-18-14-24-7-5-19(18)28-11-9-23-10-12-28)17-4-8-25-21(26-17)16-2-1-3-20-15(16)6-13-30-20;29-21(27-17-12-23-5-4-18(17)28-9-7-22-8-10-28)16-3-6-24-20(26-16)14-1-2-15-19(11-14)30-13-25-15;;;;/h1-6,15-17,27H,7-14H2,(H,31,34);2-7,12-14,23H,8-11H2,1H3,(H,28,31);1-8,13-14,23H,9-12H2,(H,27,29);1-6,11-13,22H,7-10H2,(H,27,29);4*1H4. The normalized spacial score (nSPS) is 14.3. The molecule has 5 saturated heterocycles. The number of pyridine rings is 4. The minimum atomic E-state index is -0.297. The second-order valence-corrected chi connectivity index (χ2v) is 33.0. The van der Waals surface area contributed by atoms with Crippen LogP contribution in [-0.2, 0) is 11.8 Å². The number of nitrogens with zero attached hydrogens (tertiary/aromatic N) is 20. The van der Waals surface area contributed by atoms with Gasteiger partial charge in [0.1, 0.15) is 22.8 Å². The molecule has 5 aliphatic heterocycles. The van der Waals surface area contributed by atoms with Crippen LogP contribution in [0.3, 0.4) is 0 Å². The molecule has 0 unspecified atom stereocenters. The molecule has 5 fully saturated rings. The number of amides is 4. The maximum atomic E-state index is 13.2. The first-order valence-electron chi connectivity index (χ1n) is 41.8. The molecule has 672 valence electrons. The Kier molecular flexibility index (Phi) is 31.3. The van der Waals surface area contributed by atoms with E-state index in [-0.39, 0.29) is 53.3 Å². The molecule has 0 saturated carbocycles. The minimum absolute atomic E-state index is 0. The molecule has 8 N–H and O–H groups in total. The molecule has 0 radical (unpaired) electrons. The molecule has 16 aromatic rings. The summed E-state index contributed by atoms with van der Waals surface area (Å²) in [5, 5.41) is 29.6. The van der Waals surface area contributed by atoms with E-state index < -0.39 is 0 Å². The number of thiophene rings is 2. The third-order valence-corrected chi connectivity index (χ3v) is 24.8. The number of fused-ring (bicyclic) bond motifs is 4. The quantitative estimate of drug-likeness (QED) is 0.0420. The number of ether oxygens (including phenoxy) is 1. The van der Waals surface area contributed by atoms with Gasteiger partial charge in [0.15, 0.2) is 23.3 Å². The van der Waals surface area contributed by atoms with E-state index in [1.807, 2.05) is 95.3 Å². The molecule has 0 aliphatic carbocycles. The van der Waals surface area contributed by atoms with Gasteiger partial charge in [0, 0.05) is 212 Å². The number of carbonyl (C=O) groups is 4. The van der Waals surface area contributed by atoms with E-state index in [1.54, 1.807) is 139 Å². The Labute approximate surface area is 771 Å². The zero-order valence-electron chi connectivity index (χ0n) is 69.2. The number of morpholine rings is 1. The number of carbonyl (C=O) groups excluding carboxylic acids is 4. The van der Waals surface area contributed by atoms with Crippen molar-refractivity contribution in [1.29, 1.82) is 0 Å². The zero-order valence-corrected chi connectivity index (χ0v) is 71.7. The molecule has 4 amide bonds. The van der Waals surface area contributed by atoms with E-state index in [9.17, 15) is 19.2 Å².